The summed E-state index contributed by atoms with van der Waals surface area (Å²) in [4.78, 5) is 21.9. The van der Waals surface area contributed by atoms with E-state index in [0.29, 0.717) is 18.7 Å². The van der Waals surface area contributed by atoms with E-state index >= 15 is 0 Å². The Morgan fingerprint density at radius 3 is 2.38 bits per heavy atom. The zero-order valence-electron chi connectivity index (χ0n) is 18.7. The molecule has 0 aliphatic carbocycles. The highest BCUT2D eigenvalue weighted by Crippen LogP contribution is 2.19. The van der Waals surface area contributed by atoms with Gasteiger partial charge in [0.2, 0.25) is 10.0 Å². The topological polar surface area (TPSA) is 78.2 Å². The number of rotatable bonds is 6. The van der Waals surface area contributed by atoms with Gasteiger partial charge in [-0.15, -0.1) is 0 Å². The van der Waals surface area contributed by atoms with Crippen LogP contribution >= 0.6 is 0 Å². The minimum atomic E-state index is -3.56. The first-order chi connectivity index (χ1) is 15.3. The number of piperazine rings is 1. The molecule has 1 aromatic carbocycles. The molecule has 0 spiro atoms. The number of aromatic nitrogens is 2. The first kappa shape index (κ1) is 22.4. The van der Waals surface area contributed by atoms with Crippen molar-refractivity contribution in [2.24, 2.45) is 0 Å². The van der Waals surface area contributed by atoms with E-state index in [1.165, 1.54) is 16.4 Å². The minimum Gasteiger partial charge on any atom is -0.336 e. The van der Waals surface area contributed by atoms with E-state index in [4.69, 9.17) is 0 Å². The molecule has 8 nitrogen and oxygen atoms in total. The summed E-state index contributed by atoms with van der Waals surface area (Å²) in [5.74, 6) is -0.0708. The first-order valence-corrected chi connectivity index (χ1v) is 12.2. The molecule has 170 valence electrons. The molecule has 1 fully saturated rings. The number of sulfonamides is 1. The predicted molar refractivity (Wildman–Crippen MR) is 123 cm³/mol. The molecule has 0 unspecified atom stereocenters. The summed E-state index contributed by atoms with van der Waals surface area (Å²) in [6, 6.07) is 12.0. The lowest BCUT2D eigenvalue weighted by molar-refractivity contribution is 0.0627. The molecule has 3 heterocycles. The average molecular weight is 456 g/mol. The molecular weight excluding hydrogens is 426 g/mol. The van der Waals surface area contributed by atoms with Crippen LogP contribution in [-0.4, -0.2) is 77.1 Å². The molecule has 1 amide bonds. The smallest absolute Gasteiger partial charge is 0.253 e. The van der Waals surface area contributed by atoms with E-state index in [1.54, 1.807) is 19.2 Å². The van der Waals surface area contributed by atoms with Crippen LogP contribution in [0.25, 0.3) is 5.65 Å². The predicted octanol–water partition coefficient (Wildman–Crippen LogP) is 2.32. The van der Waals surface area contributed by atoms with Gasteiger partial charge >= 0.3 is 0 Å². The second-order valence-electron chi connectivity index (χ2n) is 8.41. The Kier molecular flexibility index (Phi) is 6.32. The van der Waals surface area contributed by atoms with E-state index in [1.807, 2.05) is 53.7 Å². The Morgan fingerprint density at radius 2 is 1.75 bits per heavy atom. The van der Waals surface area contributed by atoms with Crippen LogP contribution < -0.4 is 0 Å². The van der Waals surface area contributed by atoms with Crippen LogP contribution in [0.5, 0.6) is 0 Å². The van der Waals surface area contributed by atoms with Gasteiger partial charge < -0.3 is 9.30 Å². The lowest BCUT2D eigenvalue weighted by Gasteiger charge is -2.34. The van der Waals surface area contributed by atoms with Gasteiger partial charge in [-0.1, -0.05) is 6.07 Å². The largest absolute Gasteiger partial charge is 0.336 e. The summed E-state index contributed by atoms with van der Waals surface area (Å²) in [6.07, 6.45) is 4.03. The van der Waals surface area contributed by atoms with Crippen LogP contribution in [0.15, 0.2) is 59.8 Å². The molecule has 3 aromatic rings. The normalized spacial score (nSPS) is 15.7. The van der Waals surface area contributed by atoms with Crippen molar-refractivity contribution >= 4 is 21.6 Å². The van der Waals surface area contributed by atoms with Gasteiger partial charge in [0.05, 0.1) is 10.6 Å². The molecular formula is C23H29N5O3S. The molecule has 1 saturated heterocycles. The average Bonchev–Trinajstić information content (AvgIpc) is 3.21. The van der Waals surface area contributed by atoms with Gasteiger partial charge in [-0.3, -0.25) is 9.69 Å². The molecule has 0 bridgehead atoms. The fraction of sp³-hybridized carbons (Fsp3) is 0.391. The Hall–Kier alpha value is -2.75. The van der Waals surface area contributed by atoms with Crippen molar-refractivity contribution in [3.05, 3.63) is 66.1 Å². The van der Waals surface area contributed by atoms with Gasteiger partial charge in [0.25, 0.3) is 5.91 Å². The molecule has 0 saturated carbocycles. The standard InChI is InChI=1S/C23H29N5O3S/c1-18(2)25(3)32(30,31)21-9-7-19(8-10-21)23(29)27-14-12-26(13-15-27)16-20-17-28-11-5-4-6-22(28)24-20/h4-11,17-18H,12-16H2,1-3H3. The molecule has 0 radical (unpaired) electrons. The quantitative estimate of drug-likeness (QED) is 0.570. The second kappa shape index (κ2) is 9.01. The SMILES string of the molecule is CC(C)N(C)S(=O)(=O)c1ccc(C(=O)N2CCN(Cc3cn4ccccc4n3)CC2)cc1. The summed E-state index contributed by atoms with van der Waals surface area (Å²) in [5.41, 5.74) is 2.45. The van der Waals surface area contributed by atoms with Crippen molar-refractivity contribution in [1.82, 2.24) is 23.5 Å². The molecule has 2 aromatic heterocycles. The van der Waals surface area contributed by atoms with Crippen molar-refractivity contribution in [3.63, 3.8) is 0 Å². The monoisotopic (exact) mass is 455 g/mol. The van der Waals surface area contributed by atoms with Gasteiger partial charge in [0.15, 0.2) is 0 Å². The summed E-state index contributed by atoms with van der Waals surface area (Å²) in [7, 11) is -2.00. The van der Waals surface area contributed by atoms with Crippen LogP contribution in [-0.2, 0) is 16.6 Å². The van der Waals surface area contributed by atoms with E-state index in [-0.39, 0.29) is 16.8 Å². The number of benzene rings is 1. The number of nitrogens with zero attached hydrogens (tertiary/aromatic N) is 5. The lowest BCUT2D eigenvalue weighted by atomic mass is 10.2. The van der Waals surface area contributed by atoms with Crippen molar-refractivity contribution < 1.29 is 13.2 Å². The lowest BCUT2D eigenvalue weighted by Crippen LogP contribution is -2.48. The Morgan fingerprint density at radius 1 is 1.06 bits per heavy atom. The highest BCUT2D eigenvalue weighted by molar-refractivity contribution is 7.89. The van der Waals surface area contributed by atoms with Gasteiger partial charge in [0, 0.05) is 63.8 Å². The third kappa shape index (κ3) is 4.55. The van der Waals surface area contributed by atoms with Crippen molar-refractivity contribution in [2.75, 3.05) is 33.2 Å². The van der Waals surface area contributed by atoms with Gasteiger partial charge in [-0.05, 0) is 50.2 Å². The maximum atomic E-state index is 12.9. The van der Waals surface area contributed by atoms with Crippen LogP contribution in [0.2, 0.25) is 0 Å². The summed E-state index contributed by atoms with van der Waals surface area (Å²) in [6.45, 7) is 7.19. The van der Waals surface area contributed by atoms with E-state index in [9.17, 15) is 13.2 Å². The highest BCUT2D eigenvalue weighted by atomic mass is 32.2. The zero-order valence-corrected chi connectivity index (χ0v) is 19.5. The van der Waals surface area contributed by atoms with Crippen LogP contribution in [0, 0.1) is 0 Å². The number of hydrogen-bond acceptors (Lipinski definition) is 5. The van der Waals surface area contributed by atoms with Crippen molar-refractivity contribution in [1.29, 1.82) is 0 Å². The van der Waals surface area contributed by atoms with E-state index < -0.39 is 10.0 Å². The molecule has 0 atom stereocenters. The minimum absolute atomic E-state index is 0.0708. The van der Waals surface area contributed by atoms with Gasteiger partial charge in [0.1, 0.15) is 5.65 Å². The van der Waals surface area contributed by atoms with Gasteiger partial charge in [-0.2, -0.15) is 4.31 Å². The number of carbonyl (C=O) groups is 1. The number of fused-ring (bicyclic) bond motifs is 1. The highest BCUT2D eigenvalue weighted by Gasteiger charge is 2.25. The maximum absolute atomic E-state index is 12.9. The Bertz CT molecular complexity index is 1160. The Labute approximate surface area is 189 Å². The van der Waals surface area contributed by atoms with Crippen molar-refractivity contribution in [3.8, 4) is 0 Å². The molecule has 0 N–H and O–H groups in total. The Balaban J connectivity index is 1.36. The van der Waals surface area contributed by atoms with Crippen LogP contribution in [0.1, 0.15) is 29.9 Å². The molecule has 4 rings (SSSR count). The van der Waals surface area contributed by atoms with Crippen LogP contribution in [0.4, 0.5) is 0 Å². The van der Waals surface area contributed by atoms with Crippen LogP contribution in [0.3, 0.4) is 0 Å². The summed E-state index contributed by atoms with van der Waals surface area (Å²) < 4.78 is 28.6. The number of pyridine rings is 1. The fourth-order valence-corrected chi connectivity index (χ4v) is 5.17. The number of carbonyl (C=O) groups excluding carboxylic acids is 1. The summed E-state index contributed by atoms with van der Waals surface area (Å²) in [5, 5.41) is 0. The van der Waals surface area contributed by atoms with Gasteiger partial charge in [-0.25, -0.2) is 13.4 Å². The molecule has 9 heteroatoms. The second-order valence-corrected chi connectivity index (χ2v) is 10.4. The van der Waals surface area contributed by atoms with E-state index in [0.717, 1.165) is 31.0 Å². The molecule has 1 aliphatic heterocycles. The van der Waals surface area contributed by atoms with Crippen molar-refractivity contribution in [2.45, 2.75) is 31.3 Å². The molecule has 1 aliphatic rings. The van der Waals surface area contributed by atoms with E-state index in [2.05, 4.69) is 9.88 Å². The fourth-order valence-electron chi connectivity index (χ4n) is 3.80. The number of imidazole rings is 1. The maximum Gasteiger partial charge on any atom is 0.253 e. The zero-order chi connectivity index (χ0) is 22.9. The third-order valence-electron chi connectivity index (χ3n) is 5.96. The summed E-state index contributed by atoms with van der Waals surface area (Å²) >= 11 is 0. The third-order valence-corrected chi connectivity index (χ3v) is 8.01. The first-order valence-electron chi connectivity index (χ1n) is 10.8. The number of amides is 1. The molecule has 32 heavy (non-hydrogen) atoms. The number of hydrogen-bond donors (Lipinski definition) is 0.